The molecule has 3 fully saturated rings. The van der Waals surface area contributed by atoms with Gasteiger partial charge in [-0.25, -0.2) is 0 Å². The molecule has 3 aliphatic rings. The van der Waals surface area contributed by atoms with E-state index in [0.29, 0.717) is 5.54 Å². The van der Waals surface area contributed by atoms with Crippen LogP contribution in [0.1, 0.15) is 64.2 Å². The zero-order valence-corrected chi connectivity index (χ0v) is 9.23. The highest BCUT2D eigenvalue weighted by Gasteiger charge is 2.45. The Kier molecular flexibility index (Phi) is 2.31. The molecule has 2 aliphatic carbocycles. The third-order valence-electron chi connectivity index (χ3n) is 4.86. The molecule has 3 rings (SSSR count). The van der Waals surface area contributed by atoms with Gasteiger partial charge in [-0.3, -0.25) is 0 Å². The number of nitrogens with one attached hydrogen (secondary N) is 1. The topological polar surface area (TPSA) is 12.0 Å². The predicted molar refractivity (Wildman–Crippen MR) is 59.3 cm³/mol. The molecule has 80 valence electrons. The lowest BCUT2D eigenvalue weighted by Gasteiger charge is -2.34. The van der Waals surface area contributed by atoms with E-state index in [4.69, 9.17) is 0 Å². The Morgan fingerprint density at radius 3 is 2.43 bits per heavy atom. The van der Waals surface area contributed by atoms with Crippen molar-refractivity contribution < 1.29 is 0 Å². The van der Waals surface area contributed by atoms with Crippen LogP contribution >= 0.6 is 0 Å². The molecule has 2 saturated carbocycles. The minimum atomic E-state index is 0.609. The van der Waals surface area contributed by atoms with E-state index in [1.54, 1.807) is 0 Å². The SMILES string of the molecule is C1CCC2(CC1)CC1CCCCC1N2. The quantitative estimate of drug-likeness (QED) is 0.623. The van der Waals surface area contributed by atoms with Crippen LogP contribution in [0.5, 0.6) is 0 Å². The van der Waals surface area contributed by atoms with E-state index in [1.807, 2.05) is 0 Å². The molecule has 1 aliphatic heterocycles. The van der Waals surface area contributed by atoms with Crippen LogP contribution in [-0.4, -0.2) is 11.6 Å². The van der Waals surface area contributed by atoms with E-state index in [2.05, 4.69) is 5.32 Å². The lowest BCUT2D eigenvalue weighted by Crippen LogP contribution is -2.44. The molecule has 0 aromatic carbocycles. The van der Waals surface area contributed by atoms with E-state index in [0.717, 1.165) is 12.0 Å². The summed E-state index contributed by atoms with van der Waals surface area (Å²) in [5.41, 5.74) is 0.609. The number of hydrogen-bond donors (Lipinski definition) is 1. The van der Waals surface area contributed by atoms with Crippen molar-refractivity contribution in [2.75, 3.05) is 0 Å². The zero-order chi connectivity index (χ0) is 9.43. The van der Waals surface area contributed by atoms with Gasteiger partial charge < -0.3 is 5.32 Å². The minimum absolute atomic E-state index is 0.609. The van der Waals surface area contributed by atoms with Gasteiger partial charge in [-0.15, -0.1) is 0 Å². The van der Waals surface area contributed by atoms with Crippen LogP contribution in [0.15, 0.2) is 0 Å². The van der Waals surface area contributed by atoms with Crippen molar-refractivity contribution in [3.05, 3.63) is 0 Å². The first-order valence-corrected chi connectivity index (χ1v) is 6.66. The highest BCUT2D eigenvalue weighted by Crippen LogP contribution is 2.44. The maximum atomic E-state index is 4.01. The smallest absolute Gasteiger partial charge is 0.0187 e. The molecule has 0 amide bonds. The van der Waals surface area contributed by atoms with Crippen molar-refractivity contribution >= 4 is 0 Å². The van der Waals surface area contributed by atoms with Gasteiger partial charge in [-0.1, -0.05) is 32.1 Å². The largest absolute Gasteiger partial charge is 0.308 e. The van der Waals surface area contributed by atoms with Crippen molar-refractivity contribution in [1.82, 2.24) is 5.32 Å². The molecule has 1 nitrogen and oxygen atoms in total. The second-order valence-corrected chi connectivity index (χ2v) is 5.84. The minimum Gasteiger partial charge on any atom is -0.308 e. The van der Waals surface area contributed by atoms with E-state index in [1.165, 1.54) is 64.2 Å². The molecular formula is C13H23N. The number of fused-ring (bicyclic) bond motifs is 1. The maximum absolute atomic E-state index is 4.01. The highest BCUT2D eigenvalue weighted by atomic mass is 15.1. The zero-order valence-electron chi connectivity index (χ0n) is 9.23. The summed E-state index contributed by atoms with van der Waals surface area (Å²) in [6, 6.07) is 0.904. The summed E-state index contributed by atoms with van der Waals surface area (Å²) in [5, 5.41) is 4.01. The molecular weight excluding hydrogens is 170 g/mol. The standard InChI is InChI=1S/C13H23N/c1-4-8-13(9-5-1)10-11-6-2-3-7-12(11)14-13/h11-12,14H,1-10H2. The molecule has 1 heteroatoms. The molecule has 2 atom stereocenters. The molecule has 1 heterocycles. The van der Waals surface area contributed by atoms with Crippen molar-refractivity contribution in [3.63, 3.8) is 0 Å². The normalized spacial score (nSPS) is 41.1. The molecule has 1 spiro atoms. The fourth-order valence-corrected chi connectivity index (χ4v) is 4.17. The van der Waals surface area contributed by atoms with Crippen LogP contribution in [0.4, 0.5) is 0 Å². The monoisotopic (exact) mass is 193 g/mol. The Hall–Kier alpha value is -0.0400. The Morgan fingerprint density at radius 1 is 0.857 bits per heavy atom. The van der Waals surface area contributed by atoms with Gasteiger partial charge in [-0.2, -0.15) is 0 Å². The Morgan fingerprint density at radius 2 is 1.64 bits per heavy atom. The predicted octanol–water partition coefficient (Wildman–Crippen LogP) is 3.24. The van der Waals surface area contributed by atoms with Crippen LogP contribution in [-0.2, 0) is 0 Å². The summed E-state index contributed by atoms with van der Waals surface area (Å²) in [5.74, 6) is 1.04. The fraction of sp³-hybridized carbons (Fsp3) is 1.00. The van der Waals surface area contributed by atoms with Crippen molar-refractivity contribution in [2.24, 2.45) is 5.92 Å². The first kappa shape index (κ1) is 9.21. The van der Waals surface area contributed by atoms with Gasteiger partial charge >= 0.3 is 0 Å². The second-order valence-electron chi connectivity index (χ2n) is 5.84. The molecule has 1 N–H and O–H groups in total. The average Bonchev–Trinajstić information content (AvgIpc) is 2.56. The van der Waals surface area contributed by atoms with Gasteiger partial charge in [0.05, 0.1) is 0 Å². The van der Waals surface area contributed by atoms with Crippen LogP contribution in [0, 0.1) is 5.92 Å². The summed E-state index contributed by atoms with van der Waals surface area (Å²) in [4.78, 5) is 0. The summed E-state index contributed by atoms with van der Waals surface area (Å²) in [6.07, 6.45) is 14.9. The van der Waals surface area contributed by atoms with E-state index >= 15 is 0 Å². The first-order valence-electron chi connectivity index (χ1n) is 6.66. The molecule has 14 heavy (non-hydrogen) atoms. The van der Waals surface area contributed by atoms with Crippen LogP contribution in [0.25, 0.3) is 0 Å². The van der Waals surface area contributed by atoms with Crippen molar-refractivity contribution in [2.45, 2.75) is 75.8 Å². The lowest BCUT2D eigenvalue weighted by molar-refractivity contribution is 0.251. The third-order valence-corrected chi connectivity index (χ3v) is 4.86. The Balaban J connectivity index is 1.71. The summed E-state index contributed by atoms with van der Waals surface area (Å²) in [7, 11) is 0. The molecule has 1 saturated heterocycles. The second kappa shape index (κ2) is 3.52. The lowest BCUT2D eigenvalue weighted by atomic mass is 9.77. The van der Waals surface area contributed by atoms with Crippen LogP contribution in [0.3, 0.4) is 0 Å². The van der Waals surface area contributed by atoms with Gasteiger partial charge in [0.25, 0.3) is 0 Å². The molecule has 0 aromatic rings. The van der Waals surface area contributed by atoms with Crippen molar-refractivity contribution in [3.8, 4) is 0 Å². The van der Waals surface area contributed by atoms with E-state index in [9.17, 15) is 0 Å². The first-order chi connectivity index (χ1) is 6.88. The Labute approximate surface area is 87.7 Å². The van der Waals surface area contributed by atoms with Gasteiger partial charge in [0.1, 0.15) is 0 Å². The van der Waals surface area contributed by atoms with Crippen LogP contribution < -0.4 is 5.32 Å². The van der Waals surface area contributed by atoms with Gasteiger partial charge in [-0.05, 0) is 38.0 Å². The molecule has 0 bridgehead atoms. The summed E-state index contributed by atoms with van der Waals surface area (Å²) in [6.45, 7) is 0. The number of hydrogen-bond acceptors (Lipinski definition) is 1. The van der Waals surface area contributed by atoms with Crippen molar-refractivity contribution in [1.29, 1.82) is 0 Å². The molecule has 2 unspecified atom stereocenters. The van der Waals surface area contributed by atoms with E-state index in [-0.39, 0.29) is 0 Å². The third kappa shape index (κ3) is 1.50. The van der Waals surface area contributed by atoms with Crippen LogP contribution in [0.2, 0.25) is 0 Å². The van der Waals surface area contributed by atoms with Gasteiger partial charge in [0.2, 0.25) is 0 Å². The molecule has 0 aromatic heterocycles. The molecule has 0 radical (unpaired) electrons. The Bertz CT molecular complexity index is 189. The van der Waals surface area contributed by atoms with E-state index < -0.39 is 0 Å². The fourth-order valence-electron chi connectivity index (χ4n) is 4.17. The summed E-state index contributed by atoms with van der Waals surface area (Å²) >= 11 is 0. The van der Waals surface area contributed by atoms with Gasteiger partial charge in [0, 0.05) is 11.6 Å². The number of rotatable bonds is 0. The highest BCUT2D eigenvalue weighted by molar-refractivity contribution is 5.04. The maximum Gasteiger partial charge on any atom is 0.0187 e. The summed E-state index contributed by atoms with van der Waals surface area (Å²) < 4.78 is 0. The van der Waals surface area contributed by atoms with Gasteiger partial charge in [0.15, 0.2) is 0 Å². The average molecular weight is 193 g/mol.